The van der Waals surface area contributed by atoms with E-state index in [1.807, 2.05) is 0 Å². The average Bonchev–Trinajstić information content (AvgIpc) is 2.93. The fourth-order valence-electron chi connectivity index (χ4n) is 2.36. The van der Waals surface area contributed by atoms with Crippen LogP contribution in [0.3, 0.4) is 0 Å². The predicted octanol–water partition coefficient (Wildman–Crippen LogP) is 3.82. The number of hydrogen-bond donors (Lipinski definition) is 1. The molecule has 22 heavy (non-hydrogen) atoms. The van der Waals surface area contributed by atoms with Gasteiger partial charge in [0.25, 0.3) is 0 Å². The first kappa shape index (κ1) is 14.0. The van der Waals surface area contributed by atoms with Crippen molar-refractivity contribution in [3.8, 4) is 22.8 Å². The van der Waals surface area contributed by atoms with E-state index in [0.717, 1.165) is 0 Å². The van der Waals surface area contributed by atoms with Crippen LogP contribution in [0.1, 0.15) is 10.4 Å². The molecule has 0 spiro atoms. The molecule has 0 saturated heterocycles. The Hall–Kier alpha value is -2.95. The smallest absolute Gasteiger partial charge is 0.340 e. The first-order chi connectivity index (χ1) is 10.6. The molecule has 2 aromatic carbocycles. The van der Waals surface area contributed by atoms with Crippen molar-refractivity contribution in [1.82, 2.24) is 0 Å². The van der Waals surface area contributed by atoms with Gasteiger partial charge < -0.3 is 19.0 Å². The standard InChI is InChI=1S/C17H14O5/c1-20-11-5-3-10(4-6-11)16-15(17(18)19)13-9-12(21-2)7-8-14(13)22-16/h3-9H,1-2H3,(H,18,19). The van der Waals surface area contributed by atoms with E-state index < -0.39 is 5.97 Å². The first-order valence-electron chi connectivity index (χ1n) is 6.62. The van der Waals surface area contributed by atoms with Gasteiger partial charge in [-0.15, -0.1) is 0 Å². The zero-order chi connectivity index (χ0) is 15.7. The summed E-state index contributed by atoms with van der Waals surface area (Å²) in [6.07, 6.45) is 0. The Balaban J connectivity index is 2.23. The summed E-state index contributed by atoms with van der Waals surface area (Å²) in [7, 11) is 3.11. The van der Waals surface area contributed by atoms with Gasteiger partial charge >= 0.3 is 5.97 Å². The van der Waals surface area contributed by atoms with Crippen molar-refractivity contribution < 1.29 is 23.8 Å². The molecule has 0 amide bonds. The molecule has 0 saturated carbocycles. The summed E-state index contributed by atoms with van der Waals surface area (Å²) in [4.78, 5) is 11.7. The highest BCUT2D eigenvalue weighted by molar-refractivity contribution is 6.08. The van der Waals surface area contributed by atoms with Crippen LogP contribution >= 0.6 is 0 Å². The molecule has 0 radical (unpaired) electrons. The van der Waals surface area contributed by atoms with Gasteiger partial charge in [-0.3, -0.25) is 0 Å². The van der Waals surface area contributed by atoms with Crippen LogP contribution in [-0.4, -0.2) is 25.3 Å². The van der Waals surface area contributed by atoms with E-state index in [9.17, 15) is 9.90 Å². The molecular weight excluding hydrogens is 284 g/mol. The number of carboxylic acids is 1. The van der Waals surface area contributed by atoms with Crippen LogP contribution in [0.2, 0.25) is 0 Å². The highest BCUT2D eigenvalue weighted by Gasteiger charge is 2.22. The van der Waals surface area contributed by atoms with Crippen molar-refractivity contribution in [1.29, 1.82) is 0 Å². The largest absolute Gasteiger partial charge is 0.497 e. The lowest BCUT2D eigenvalue weighted by molar-refractivity contribution is 0.0699. The van der Waals surface area contributed by atoms with Gasteiger partial charge in [0.05, 0.1) is 14.2 Å². The molecule has 0 unspecified atom stereocenters. The molecule has 112 valence electrons. The van der Waals surface area contributed by atoms with E-state index in [4.69, 9.17) is 13.9 Å². The zero-order valence-corrected chi connectivity index (χ0v) is 12.1. The Morgan fingerprint density at radius 1 is 1.00 bits per heavy atom. The summed E-state index contributed by atoms with van der Waals surface area (Å²) in [5.74, 6) is 0.548. The molecule has 1 heterocycles. The number of aromatic carboxylic acids is 1. The summed E-state index contributed by atoms with van der Waals surface area (Å²) < 4.78 is 16.0. The number of benzene rings is 2. The highest BCUT2D eigenvalue weighted by Crippen LogP contribution is 2.36. The number of fused-ring (bicyclic) bond motifs is 1. The molecule has 0 fully saturated rings. The minimum absolute atomic E-state index is 0.124. The number of methoxy groups -OCH3 is 2. The minimum atomic E-state index is -1.04. The second-order valence-electron chi connectivity index (χ2n) is 4.70. The van der Waals surface area contributed by atoms with Crippen LogP contribution in [0.15, 0.2) is 46.9 Å². The van der Waals surface area contributed by atoms with Crippen LogP contribution in [-0.2, 0) is 0 Å². The van der Waals surface area contributed by atoms with Gasteiger partial charge in [0, 0.05) is 10.9 Å². The van der Waals surface area contributed by atoms with Gasteiger partial charge in [-0.05, 0) is 42.5 Å². The van der Waals surface area contributed by atoms with Crippen LogP contribution in [0.5, 0.6) is 11.5 Å². The van der Waals surface area contributed by atoms with Crippen molar-refractivity contribution in [2.75, 3.05) is 14.2 Å². The van der Waals surface area contributed by atoms with Gasteiger partial charge in [-0.2, -0.15) is 0 Å². The highest BCUT2D eigenvalue weighted by atomic mass is 16.5. The van der Waals surface area contributed by atoms with Crippen molar-refractivity contribution in [2.24, 2.45) is 0 Å². The topological polar surface area (TPSA) is 68.9 Å². The molecular formula is C17H14O5. The SMILES string of the molecule is COc1ccc(-c2oc3ccc(OC)cc3c2C(=O)O)cc1. The average molecular weight is 298 g/mol. The zero-order valence-electron chi connectivity index (χ0n) is 12.1. The van der Waals surface area contributed by atoms with E-state index >= 15 is 0 Å². The van der Waals surface area contributed by atoms with Crippen molar-refractivity contribution in [3.63, 3.8) is 0 Å². The first-order valence-corrected chi connectivity index (χ1v) is 6.62. The molecule has 0 bridgehead atoms. The second-order valence-corrected chi connectivity index (χ2v) is 4.70. The maximum atomic E-state index is 11.7. The second kappa shape index (κ2) is 5.44. The Labute approximate surface area is 126 Å². The number of furan rings is 1. The minimum Gasteiger partial charge on any atom is -0.497 e. The van der Waals surface area contributed by atoms with Gasteiger partial charge in [0.2, 0.25) is 0 Å². The van der Waals surface area contributed by atoms with Crippen LogP contribution in [0.25, 0.3) is 22.3 Å². The van der Waals surface area contributed by atoms with E-state index in [2.05, 4.69) is 0 Å². The fourth-order valence-corrected chi connectivity index (χ4v) is 2.36. The Bertz CT molecular complexity index is 830. The molecule has 0 atom stereocenters. The van der Waals surface area contributed by atoms with Crippen molar-refractivity contribution >= 4 is 16.9 Å². The third-order valence-corrected chi connectivity index (χ3v) is 3.46. The molecule has 3 aromatic rings. The summed E-state index contributed by atoms with van der Waals surface area (Å²) in [6.45, 7) is 0. The maximum Gasteiger partial charge on any atom is 0.340 e. The lowest BCUT2D eigenvalue weighted by Crippen LogP contribution is -1.97. The number of ether oxygens (including phenoxy) is 2. The molecule has 5 nitrogen and oxygen atoms in total. The molecule has 0 aliphatic rings. The number of carboxylic acid groups (broad SMARTS) is 1. The van der Waals surface area contributed by atoms with Gasteiger partial charge in [-0.1, -0.05) is 0 Å². The van der Waals surface area contributed by atoms with Crippen LogP contribution < -0.4 is 9.47 Å². The maximum absolute atomic E-state index is 11.7. The lowest BCUT2D eigenvalue weighted by atomic mass is 10.1. The number of hydrogen-bond acceptors (Lipinski definition) is 4. The van der Waals surface area contributed by atoms with E-state index in [0.29, 0.717) is 33.8 Å². The normalized spacial score (nSPS) is 10.6. The van der Waals surface area contributed by atoms with Crippen molar-refractivity contribution in [3.05, 3.63) is 48.0 Å². The molecule has 3 rings (SSSR count). The third kappa shape index (κ3) is 2.26. The van der Waals surface area contributed by atoms with E-state index in [-0.39, 0.29) is 5.56 Å². The monoisotopic (exact) mass is 298 g/mol. The Morgan fingerprint density at radius 3 is 2.23 bits per heavy atom. The molecule has 0 aliphatic heterocycles. The van der Waals surface area contributed by atoms with Gasteiger partial charge in [0.1, 0.15) is 28.4 Å². The quantitative estimate of drug-likeness (QED) is 0.793. The number of carbonyl (C=O) groups is 1. The Morgan fingerprint density at radius 2 is 1.64 bits per heavy atom. The summed E-state index contributed by atoms with van der Waals surface area (Å²) in [6, 6.07) is 12.1. The molecule has 1 aromatic heterocycles. The summed E-state index contributed by atoms with van der Waals surface area (Å²) in [5.41, 5.74) is 1.30. The van der Waals surface area contributed by atoms with Crippen LogP contribution in [0, 0.1) is 0 Å². The van der Waals surface area contributed by atoms with Gasteiger partial charge in [-0.25, -0.2) is 4.79 Å². The van der Waals surface area contributed by atoms with E-state index in [1.165, 1.54) is 7.11 Å². The van der Waals surface area contributed by atoms with E-state index in [1.54, 1.807) is 49.6 Å². The number of rotatable bonds is 4. The lowest BCUT2D eigenvalue weighted by Gasteiger charge is -2.02. The Kier molecular flexibility index (Phi) is 3.47. The predicted molar refractivity (Wildman–Crippen MR) is 81.7 cm³/mol. The summed E-state index contributed by atoms with van der Waals surface area (Å²) in [5, 5.41) is 10.1. The fraction of sp³-hybridized carbons (Fsp3) is 0.118. The third-order valence-electron chi connectivity index (χ3n) is 3.46. The van der Waals surface area contributed by atoms with Gasteiger partial charge in [0.15, 0.2) is 0 Å². The molecule has 1 N–H and O–H groups in total. The summed E-state index contributed by atoms with van der Waals surface area (Å²) >= 11 is 0. The van der Waals surface area contributed by atoms with Crippen molar-refractivity contribution in [2.45, 2.75) is 0 Å². The van der Waals surface area contributed by atoms with Crippen LogP contribution in [0.4, 0.5) is 0 Å². The molecule has 0 aliphatic carbocycles. The molecule has 5 heteroatoms.